The Kier molecular flexibility index (Phi) is 3.38. The summed E-state index contributed by atoms with van der Waals surface area (Å²) >= 11 is 0. The Hall–Kier alpha value is -1.31. The van der Waals surface area contributed by atoms with E-state index in [1.165, 1.54) is 37.7 Å². The Morgan fingerprint density at radius 3 is 3.07 bits per heavy atom. The summed E-state index contributed by atoms with van der Waals surface area (Å²) in [5, 5.41) is 3.21. The number of anilines is 1. The summed E-state index contributed by atoms with van der Waals surface area (Å²) in [6.45, 7) is 0. The Balaban J connectivity index is 2.30. The van der Waals surface area contributed by atoms with Crippen LogP contribution >= 0.6 is 0 Å². The van der Waals surface area contributed by atoms with Gasteiger partial charge in [-0.1, -0.05) is 12.5 Å². The van der Waals surface area contributed by atoms with Crippen molar-refractivity contribution in [1.29, 1.82) is 0 Å². The molecule has 0 unspecified atom stereocenters. The van der Waals surface area contributed by atoms with Crippen LogP contribution < -0.4 is 5.32 Å². The van der Waals surface area contributed by atoms with Gasteiger partial charge < -0.3 is 5.32 Å². The van der Waals surface area contributed by atoms with Crippen molar-refractivity contribution in [2.24, 2.45) is 0 Å². The van der Waals surface area contributed by atoms with Gasteiger partial charge in [-0.05, 0) is 43.4 Å². The summed E-state index contributed by atoms with van der Waals surface area (Å²) in [4.78, 5) is 4.48. The van der Waals surface area contributed by atoms with Crippen molar-refractivity contribution >= 4 is 11.3 Å². The molecule has 0 bridgehead atoms. The number of pyridine rings is 1. The number of nitrogens with one attached hydrogen (secondary N) is 1. The molecule has 1 aromatic heterocycles. The van der Waals surface area contributed by atoms with E-state index in [0.29, 0.717) is 0 Å². The van der Waals surface area contributed by atoms with Gasteiger partial charge in [-0.3, -0.25) is 4.98 Å². The molecule has 1 aliphatic carbocycles. The predicted octanol–water partition coefficient (Wildman–Crippen LogP) is 3.47. The summed E-state index contributed by atoms with van der Waals surface area (Å²) < 4.78 is 0. The third-order valence-electron chi connectivity index (χ3n) is 2.92. The van der Waals surface area contributed by atoms with Crippen LogP contribution in [0.25, 0.3) is 5.57 Å². The molecular weight excluding hydrogens is 184 g/mol. The van der Waals surface area contributed by atoms with E-state index in [9.17, 15) is 0 Å². The fourth-order valence-corrected chi connectivity index (χ4v) is 2.09. The summed E-state index contributed by atoms with van der Waals surface area (Å²) in [6, 6.07) is 4.07. The zero-order chi connectivity index (χ0) is 10.5. The molecular formula is C13H18N2. The molecule has 1 aliphatic rings. The third kappa shape index (κ3) is 2.38. The highest BCUT2D eigenvalue weighted by Gasteiger charge is 2.09. The first-order valence-electron chi connectivity index (χ1n) is 5.74. The van der Waals surface area contributed by atoms with Gasteiger partial charge in [-0.2, -0.15) is 0 Å². The van der Waals surface area contributed by atoms with Crippen LogP contribution in [0.1, 0.15) is 37.8 Å². The van der Waals surface area contributed by atoms with Crippen molar-refractivity contribution in [1.82, 2.24) is 4.98 Å². The summed E-state index contributed by atoms with van der Waals surface area (Å²) in [6.07, 6.45) is 10.6. The second-order valence-corrected chi connectivity index (χ2v) is 3.98. The average Bonchev–Trinajstić information content (AvgIpc) is 2.57. The van der Waals surface area contributed by atoms with Crippen molar-refractivity contribution in [2.45, 2.75) is 32.1 Å². The fourth-order valence-electron chi connectivity index (χ4n) is 2.09. The highest BCUT2D eigenvalue weighted by atomic mass is 14.9. The Morgan fingerprint density at radius 2 is 2.20 bits per heavy atom. The van der Waals surface area contributed by atoms with Crippen molar-refractivity contribution in [3.05, 3.63) is 30.1 Å². The van der Waals surface area contributed by atoms with Gasteiger partial charge in [0.25, 0.3) is 0 Å². The predicted molar refractivity (Wildman–Crippen MR) is 64.8 cm³/mol. The molecule has 0 saturated heterocycles. The minimum atomic E-state index is 1.14. The number of allylic oxidation sites excluding steroid dienone is 2. The van der Waals surface area contributed by atoms with Crippen LogP contribution in [0.4, 0.5) is 5.69 Å². The second-order valence-electron chi connectivity index (χ2n) is 3.98. The topological polar surface area (TPSA) is 24.9 Å². The summed E-state index contributed by atoms with van der Waals surface area (Å²) in [5.41, 5.74) is 3.70. The minimum Gasteiger partial charge on any atom is -0.386 e. The number of rotatable bonds is 2. The van der Waals surface area contributed by atoms with Gasteiger partial charge in [-0.15, -0.1) is 0 Å². The normalized spacial score (nSPS) is 16.7. The van der Waals surface area contributed by atoms with E-state index in [0.717, 1.165) is 11.4 Å². The zero-order valence-electron chi connectivity index (χ0n) is 9.29. The minimum absolute atomic E-state index is 1.14. The number of aromatic nitrogens is 1. The zero-order valence-corrected chi connectivity index (χ0v) is 9.29. The van der Waals surface area contributed by atoms with Crippen LogP contribution in [-0.2, 0) is 0 Å². The quantitative estimate of drug-likeness (QED) is 0.794. The van der Waals surface area contributed by atoms with Gasteiger partial charge in [0.2, 0.25) is 0 Å². The lowest BCUT2D eigenvalue weighted by atomic mass is 10.1. The van der Waals surface area contributed by atoms with Gasteiger partial charge in [0.1, 0.15) is 0 Å². The van der Waals surface area contributed by atoms with Crippen LogP contribution in [0, 0.1) is 0 Å². The highest BCUT2D eigenvalue weighted by molar-refractivity contribution is 5.73. The van der Waals surface area contributed by atoms with Gasteiger partial charge in [0.15, 0.2) is 0 Å². The molecule has 1 aromatic rings. The average molecular weight is 202 g/mol. The van der Waals surface area contributed by atoms with Crippen LogP contribution in [-0.4, -0.2) is 12.0 Å². The first kappa shape index (κ1) is 10.2. The summed E-state index contributed by atoms with van der Waals surface area (Å²) in [5.74, 6) is 0. The van der Waals surface area contributed by atoms with E-state index in [4.69, 9.17) is 0 Å². The van der Waals surface area contributed by atoms with Crippen LogP contribution in [0.2, 0.25) is 0 Å². The first-order valence-corrected chi connectivity index (χ1v) is 5.74. The standard InChI is InChI=1S/C13H18N2/c1-14-12-9-6-10-15-13(12)11-7-4-2-3-5-8-11/h6-7,9-10,14H,2-5,8H2,1H3. The number of nitrogens with zero attached hydrogens (tertiary/aromatic N) is 1. The second kappa shape index (κ2) is 4.96. The molecule has 0 radical (unpaired) electrons. The first-order chi connectivity index (χ1) is 7.42. The van der Waals surface area contributed by atoms with Gasteiger partial charge >= 0.3 is 0 Å². The lowest BCUT2D eigenvalue weighted by Gasteiger charge is -2.10. The third-order valence-corrected chi connectivity index (χ3v) is 2.92. The molecule has 0 fully saturated rings. The Labute approximate surface area is 91.4 Å². The van der Waals surface area contributed by atoms with E-state index < -0.39 is 0 Å². The molecule has 0 aromatic carbocycles. The smallest absolute Gasteiger partial charge is 0.0889 e. The van der Waals surface area contributed by atoms with Gasteiger partial charge in [0.05, 0.1) is 11.4 Å². The molecule has 1 N–H and O–H groups in total. The monoisotopic (exact) mass is 202 g/mol. The SMILES string of the molecule is CNc1cccnc1C1=CCCCCC1. The maximum Gasteiger partial charge on any atom is 0.0889 e. The van der Waals surface area contributed by atoms with Crippen LogP contribution in [0.15, 0.2) is 24.4 Å². The molecule has 2 nitrogen and oxygen atoms in total. The van der Waals surface area contributed by atoms with Crippen LogP contribution in [0.5, 0.6) is 0 Å². The van der Waals surface area contributed by atoms with Crippen molar-refractivity contribution in [2.75, 3.05) is 12.4 Å². The van der Waals surface area contributed by atoms with E-state index >= 15 is 0 Å². The maximum atomic E-state index is 4.48. The Bertz CT molecular complexity index is 355. The number of hydrogen-bond donors (Lipinski definition) is 1. The van der Waals surface area contributed by atoms with E-state index in [-0.39, 0.29) is 0 Å². The van der Waals surface area contributed by atoms with Crippen LogP contribution in [0.3, 0.4) is 0 Å². The maximum absolute atomic E-state index is 4.48. The van der Waals surface area contributed by atoms with Crippen molar-refractivity contribution < 1.29 is 0 Å². The molecule has 2 heteroatoms. The lowest BCUT2D eigenvalue weighted by Crippen LogP contribution is -1.97. The molecule has 0 atom stereocenters. The van der Waals surface area contributed by atoms with E-state index in [1.54, 1.807) is 0 Å². The van der Waals surface area contributed by atoms with Crippen molar-refractivity contribution in [3.63, 3.8) is 0 Å². The molecule has 15 heavy (non-hydrogen) atoms. The fraction of sp³-hybridized carbons (Fsp3) is 0.462. The van der Waals surface area contributed by atoms with Gasteiger partial charge in [0, 0.05) is 13.2 Å². The van der Waals surface area contributed by atoms with E-state index in [2.05, 4.69) is 22.4 Å². The summed E-state index contributed by atoms with van der Waals surface area (Å²) in [7, 11) is 1.96. The molecule has 0 amide bonds. The van der Waals surface area contributed by atoms with E-state index in [1.807, 2.05) is 19.3 Å². The lowest BCUT2D eigenvalue weighted by molar-refractivity contribution is 0.720. The molecule has 1 heterocycles. The Morgan fingerprint density at radius 1 is 1.27 bits per heavy atom. The highest BCUT2D eigenvalue weighted by Crippen LogP contribution is 2.28. The van der Waals surface area contributed by atoms with Crippen molar-refractivity contribution in [3.8, 4) is 0 Å². The molecule has 80 valence electrons. The molecule has 0 spiro atoms. The molecule has 0 saturated carbocycles. The van der Waals surface area contributed by atoms with Gasteiger partial charge in [-0.25, -0.2) is 0 Å². The molecule has 2 rings (SSSR count). The molecule has 0 aliphatic heterocycles. The number of hydrogen-bond acceptors (Lipinski definition) is 2. The largest absolute Gasteiger partial charge is 0.386 e.